The zero-order valence-electron chi connectivity index (χ0n) is 11.7. The van der Waals surface area contributed by atoms with Crippen molar-refractivity contribution in [3.63, 3.8) is 0 Å². The highest BCUT2D eigenvalue weighted by atomic mass is 35.5. The van der Waals surface area contributed by atoms with E-state index >= 15 is 0 Å². The van der Waals surface area contributed by atoms with E-state index in [-0.39, 0.29) is 12.5 Å². The van der Waals surface area contributed by atoms with Gasteiger partial charge >= 0.3 is 0 Å². The second-order valence-electron chi connectivity index (χ2n) is 4.55. The van der Waals surface area contributed by atoms with Gasteiger partial charge in [-0.3, -0.25) is 9.78 Å². The first-order chi connectivity index (χ1) is 11.1. The van der Waals surface area contributed by atoms with Crippen LogP contribution in [0.3, 0.4) is 0 Å². The van der Waals surface area contributed by atoms with Crippen LogP contribution in [-0.2, 0) is 6.54 Å². The molecule has 1 amide bonds. The van der Waals surface area contributed by atoms with Crippen LogP contribution in [-0.4, -0.2) is 21.1 Å². The number of halogens is 2. The third-order valence-electron chi connectivity index (χ3n) is 2.98. The molecule has 0 bridgehead atoms. The number of benzene rings is 1. The Balaban J connectivity index is 1.65. The van der Waals surface area contributed by atoms with Crippen LogP contribution in [0.4, 0.5) is 0 Å². The number of nitrogens with one attached hydrogen (secondary N) is 1. The monoisotopic (exact) mass is 348 g/mol. The van der Waals surface area contributed by atoms with Gasteiger partial charge in [0.25, 0.3) is 5.91 Å². The predicted molar refractivity (Wildman–Crippen MR) is 85.2 cm³/mol. The minimum absolute atomic E-state index is 0.108. The summed E-state index contributed by atoms with van der Waals surface area (Å²) in [4.78, 5) is 16.0. The average Bonchev–Trinajstić information content (AvgIpc) is 3.05. The molecule has 0 atom stereocenters. The van der Waals surface area contributed by atoms with Crippen LogP contribution < -0.4 is 5.32 Å². The average molecular weight is 349 g/mol. The minimum Gasteiger partial charge on any atom is -0.419 e. The number of pyridine rings is 1. The number of carbonyl (C=O) groups is 1. The van der Waals surface area contributed by atoms with Crippen LogP contribution in [0.15, 0.2) is 47.1 Å². The van der Waals surface area contributed by atoms with Gasteiger partial charge in [-0.05, 0) is 30.3 Å². The fraction of sp³-hybridized carbons (Fsp3) is 0.0667. The lowest BCUT2D eigenvalue weighted by atomic mass is 10.2. The smallest absolute Gasteiger partial charge is 0.251 e. The third kappa shape index (κ3) is 3.67. The largest absolute Gasteiger partial charge is 0.419 e. The van der Waals surface area contributed by atoms with Crippen LogP contribution in [0.25, 0.3) is 11.5 Å². The molecule has 0 radical (unpaired) electrons. The van der Waals surface area contributed by atoms with Crippen molar-refractivity contribution in [1.82, 2.24) is 20.5 Å². The van der Waals surface area contributed by atoms with E-state index in [2.05, 4.69) is 20.5 Å². The molecule has 23 heavy (non-hydrogen) atoms. The van der Waals surface area contributed by atoms with Gasteiger partial charge in [-0.25, -0.2) is 0 Å². The van der Waals surface area contributed by atoms with E-state index in [1.54, 1.807) is 36.7 Å². The van der Waals surface area contributed by atoms with Gasteiger partial charge in [-0.1, -0.05) is 23.2 Å². The number of hydrogen-bond acceptors (Lipinski definition) is 5. The SMILES string of the molecule is O=C(NCc1nnc(-c2ccncc2)o1)c1ccc(Cl)c(Cl)c1. The number of hydrogen-bond donors (Lipinski definition) is 1. The Morgan fingerprint density at radius 2 is 1.87 bits per heavy atom. The molecule has 116 valence electrons. The molecule has 6 nitrogen and oxygen atoms in total. The van der Waals surface area contributed by atoms with E-state index in [1.807, 2.05) is 0 Å². The fourth-order valence-electron chi connectivity index (χ4n) is 1.83. The Morgan fingerprint density at radius 3 is 2.61 bits per heavy atom. The molecule has 0 aliphatic carbocycles. The number of aromatic nitrogens is 3. The summed E-state index contributed by atoms with van der Waals surface area (Å²) in [5, 5.41) is 11.2. The van der Waals surface area contributed by atoms with Crippen molar-refractivity contribution in [2.24, 2.45) is 0 Å². The van der Waals surface area contributed by atoms with Crippen LogP contribution in [0.2, 0.25) is 10.0 Å². The summed E-state index contributed by atoms with van der Waals surface area (Å²) in [5.41, 5.74) is 1.16. The Kier molecular flexibility index (Phi) is 4.55. The number of nitrogens with zero attached hydrogens (tertiary/aromatic N) is 3. The Hall–Kier alpha value is -2.44. The molecule has 0 aliphatic heterocycles. The van der Waals surface area contributed by atoms with Crippen molar-refractivity contribution >= 4 is 29.1 Å². The quantitative estimate of drug-likeness (QED) is 0.781. The summed E-state index contributed by atoms with van der Waals surface area (Å²) in [6.07, 6.45) is 3.26. The lowest BCUT2D eigenvalue weighted by Crippen LogP contribution is -2.22. The minimum atomic E-state index is -0.313. The van der Waals surface area contributed by atoms with Gasteiger partial charge in [0.1, 0.15) is 0 Å². The summed E-state index contributed by atoms with van der Waals surface area (Å²) < 4.78 is 5.49. The second-order valence-corrected chi connectivity index (χ2v) is 5.36. The Labute approximate surface area is 141 Å². The molecule has 0 aliphatic rings. The lowest BCUT2D eigenvalue weighted by molar-refractivity contribution is 0.0947. The molecular weight excluding hydrogens is 339 g/mol. The molecule has 3 rings (SSSR count). The summed E-state index contributed by atoms with van der Waals surface area (Å²) in [5.74, 6) is 0.351. The van der Waals surface area contributed by atoms with E-state index in [0.29, 0.717) is 27.4 Å². The first-order valence-corrected chi connectivity index (χ1v) is 7.35. The van der Waals surface area contributed by atoms with Crippen molar-refractivity contribution in [2.75, 3.05) is 0 Å². The van der Waals surface area contributed by atoms with Crippen molar-refractivity contribution in [1.29, 1.82) is 0 Å². The van der Waals surface area contributed by atoms with Gasteiger partial charge in [-0.15, -0.1) is 10.2 Å². The first-order valence-electron chi connectivity index (χ1n) is 6.59. The second kappa shape index (κ2) is 6.76. The maximum absolute atomic E-state index is 12.0. The highest BCUT2D eigenvalue weighted by molar-refractivity contribution is 6.42. The van der Waals surface area contributed by atoms with Gasteiger partial charge in [0, 0.05) is 23.5 Å². The fourth-order valence-corrected chi connectivity index (χ4v) is 2.13. The summed E-state index contributed by atoms with van der Waals surface area (Å²) in [7, 11) is 0. The van der Waals surface area contributed by atoms with Crippen LogP contribution >= 0.6 is 23.2 Å². The van der Waals surface area contributed by atoms with Gasteiger partial charge in [0.2, 0.25) is 11.8 Å². The standard InChI is InChI=1S/C15H10Cl2N4O2/c16-11-2-1-10(7-12(11)17)14(22)19-8-13-20-21-15(23-13)9-3-5-18-6-4-9/h1-7H,8H2,(H,19,22). The number of rotatable bonds is 4. The molecule has 8 heteroatoms. The molecule has 0 saturated carbocycles. The van der Waals surface area contributed by atoms with Gasteiger partial charge in [0.15, 0.2) is 0 Å². The molecule has 2 heterocycles. The third-order valence-corrected chi connectivity index (χ3v) is 3.72. The molecule has 0 saturated heterocycles. The van der Waals surface area contributed by atoms with Gasteiger partial charge in [0.05, 0.1) is 16.6 Å². The van der Waals surface area contributed by atoms with Crippen molar-refractivity contribution in [2.45, 2.75) is 6.54 Å². The molecule has 0 fully saturated rings. The predicted octanol–water partition coefficient (Wildman–Crippen LogP) is 3.37. The Morgan fingerprint density at radius 1 is 1.09 bits per heavy atom. The zero-order valence-corrected chi connectivity index (χ0v) is 13.2. The lowest BCUT2D eigenvalue weighted by Gasteiger charge is -2.03. The maximum Gasteiger partial charge on any atom is 0.251 e. The molecule has 1 N–H and O–H groups in total. The number of carbonyl (C=O) groups excluding carboxylic acids is 1. The molecule has 2 aromatic heterocycles. The highest BCUT2D eigenvalue weighted by Crippen LogP contribution is 2.22. The highest BCUT2D eigenvalue weighted by Gasteiger charge is 2.11. The summed E-state index contributed by atoms with van der Waals surface area (Å²) in [6.45, 7) is 0.108. The van der Waals surface area contributed by atoms with E-state index in [1.165, 1.54) is 6.07 Å². The van der Waals surface area contributed by atoms with Gasteiger partial charge < -0.3 is 9.73 Å². The zero-order chi connectivity index (χ0) is 16.2. The van der Waals surface area contributed by atoms with Crippen LogP contribution in [0, 0.1) is 0 Å². The topological polar surface area (TPSA) is 80.9 Å². The normalized spacial score (nSPS) is 10.5. The molecule has 0 unspecified atom stereocenters. The van der Waals surface area contributed by atoms with Crippen molar-refractivity contribution in [3.8, 4) is 11.5 Å². The van der Waals surface area contributed by atoms with Gasteiger partial charge in [-0.2, -0.15) is 0 Å². The maximum atomic E-state index is 12.0. The molecular formula is C15H10Cl2N4O2. The Bertz CT molecular complexity index is 837. The summed E-state index contributed by atoms with van der Waals surface area (Å²) in [6, 6.07) is 8.15. The summed E-state index contributed by atoms with van der Waals surface area (Å²) >= 11 is 11.7. The molecule has 0 spiro atoms. The van der Waals surface area contributed by atoms with Crippen molar-refractivity contribution < 1.29 is 9.21 Å². The van der Waals surface area contributed by atoms with Crippen molar-refractivity contribution in [3.05, 3.63) is 64.2 Å². The van der Waals surface area contributed by atoms with E-state index < -0.39 is 0 Å². The molecule has 3 aromatic rings. The number of amides is 1. The van der Waals surface area contributed by atoms with E-state index in [4.69, 9.17) is 27.6 Å². The van der Waals surface area contributed by atoms with E-state index in [9.17, 15) is 4.79 Å². The van der Waals surface area contributed by atoms with Crippen LogP contribution in [0.5, 0.6) is 0 Å². The van der Waals surface area contributed by atoms with E-state index in [0.717, 1.165) is 5.56 Å². The first kappa shape index (κ1) is 15.5. The van der Waals surface area contributed by atoms with Crippen LogP contribution in [0.1, 0.15) is 16.2 Å². The molecule has 1 aromatic carbocycles.